The van der Waals surface area contributed by atoms with Gasteiger partial charge in [0.1, 0.15) is 11.8 Å². The molecule has 2 amide bonds. The summed E-state index contributed by atoms with van der Waals surface area (Å²) in [6, 6.07) is 13.8. The number of nitro groups is 1. The number of benzene rings is 2. The van der Waals surface area contributed by atoms with Gasteiger partial charge in [-0.15, -0.1) is 5.10 Å². The van der Waals surface area contributed by atoms with Crippen molar-refractivity contribution in [1.29, 1.82) is 0 Å². The summed E-state index contributed by atoms with van der Waals surface area (Å²) < 4.78 is 6.59. The molecule has 13 heteroatoms. The molecule has 4 rings (SSSR count). The van der Waals surface area contributed by atoms with Crippen molar-refractivity contribution >= 4 is 40.6 Å². The van der Waals surface area contributed by atoms with Gasteiger partial charge >= 0.3 is 0 Å². The van der Waals surface area contributed by atoms with Gasteiger partial charge < -0.3 is 15.4 Å². The lowest BCUT2D eigenvalue weighted by Crippen LogP contribution is -2.25. The number of carbonyl (C=O) groups excluding carboxylic acids is 2. The number of nitrogens with zero attached hydrogens (tertiary/aromatic N) is 5. The fourth-order valence-corrected chi connectivity index (χ4v) is 4.35. The van der Waals surface area contributed by atoms with Crippen LogP contribution in [-0.4, -0.2) is 49.3 Å². The van der Waals surface area contributed by atoms with Crippen LogP contribution < -0.4 is 15.4 Å². The second-order valence-electron chi connectivity index (χ2n) is 8.39. The molecular formula is C26H25N7O5S. The van der Waals surface area contributed by atoms with Gasteiger partial charge in [0.2, 0.25) is 11.8 Å². The average molecular weight is 548 g/mol. The number of amides is 2. The smallest absolute Gasteiger partial charge is 0.269 e. The third-order valence-corrected chi connectivity index (χ3v) is 6.61. The minimum atomic E-state index is -0.810. The lowest BCUT2D eigenvalue weighted by atomic mass is 10.1. The molecule has 39 heavy (non-hydrogen) atoms. The van der Waals surface area contributed by atoms with Gasteiger partial charge in [0.25, 0.3) is 5.69 Å². The number of nitro benzene ring substituents is 1. The van der Waals surface area contributed by atoms with Crippen molar-refractivity contribution in [1.82, 2.24) is 19.7 Å². The second-order valence-corrected chi connectivity index (χ2v) is 9.33. The van der Waals surface area contributed by atoms with Crippen molar-refractivity contribution in [2.45, 2.75) is 25.0 Å². The third-order valence-electron chi connectivity index (χ3n) is 5.67. The quantitative estimate of drug-likeness (QED) is 0.166. The summed E-state index contributed by atoms with van der Waals surface area (Å²) in [4.78, 5) is 44.9. The van der Waals surface area contributed by atoms with Crippen LogP contribution in [0.3, 0.4) is 0 Å². The molecular weight excluding hydrogens is 522 g/mol. The molecule has 2 heterocycles. The summed E-state index contributed by atoms with van der Waals surface area (Å²) in [7, 11) is 1.56. The molecule has 0 aliphatic carbocycles. The van der Waals surface area contributed by atoms with Crippen molar-refractivity contribution < 1.29 is 19.2 Å². The number of ether oxygens (including phenoxy) is 1. The van der Waals surface area contributed by atoms with Crippen LogP contribution in [-0.2, 0) is 9.59 Å². The molecule has 0 aliphatic rings. The number of aromatic nitrogens is 4. The van der Waals surface area contributed by atoms with Gasteiger partial charge in [0.05, 0.1) is 17.8 Å². The lowest BCUT2D eigenvalue weighted by Gasteiger charge is -2.15. The van der Waals surface area contributed by atoms with Gasteiger partial charge in [-0.1, -0.05) is 11.8 Å². The van der Waals surface area contributed by atoms with Gasteiger partial charge in [0, 0.05) is 41.5 Å². The Bertz CT molecular complexity index is 1490. The Morgan fingerprint density at radius 1 is 1.10 bits per heavy atom. The predicted molar refractivity (Wildman–Crippen MR) is 147 cm³/mol. The van der Waals surface area contributed by atoms with E-state index in [9.17, 15) is 19.7 Å². The second kappa shape index (κ2) is 12.2. The maximum absolute atomic E-state index is 13.2. The predicted octanol–water partition coefficient (Wildman–Crippen LogP) is 4.50. The zero-order chi connectivity index (χ0) is 27.9. The lowest BCUT2D eigenvalue weighted by molar-refractivity contribution is -0.384. The molecule has 2 aromatic carbocycles. The molecule has 1 atom stereocenters. The number of anilines is 2. The Hall–Kier alpha value is -4.78. The number of hydrogen-bond donors (Lipinski definition) is 2. The number of nitrogens with one attached hydrogen (secondary N) is 2. The van der Waals surface area contributed by atoms with Gasteiger partial charge in [-0.05, 0) is 61.9 Å². The zero-order valence-corrected chi connectivity index (χ0v) is 22.1. The fraction of sp³-hybridized carbons (Fsp3) is 0.192. The van der Waals surface area contributed by atoms with E-state index in [1.165, 1.54) is 22.9 Å². The highest BCUT2D eigenvalue weighted by atomic mass is 32.2. The largest absolute Gasteiger partial charge is 0.497 e. The summed E-state index contributed by atoms with van der Waals surface area (Å²) in [6.07, 6.45) is 3.22. The summed E-state index contributed by atoms with van der Waals surface area (Å²) in [5.41, 5.74) is 2.24. The first-order valence-corrected chi connectivity index (χ1v) is 12.7. The minimum Gasteiger partial charge on any atom is -0.497 e. The van der Waals surface area contributed by atoms with E-state index in [1.807, 2.05) is 0 Å². The molecule has 0 aliphatic heterocycles. The molecule has 0 fully saturated rings. The van der Waals surface area contributed by atoms with Crippen LogP contribution in [0.4, 0.5) is 17.1 Å². The zero-order valence-electron chi connectivity index (χ0n) is 21.3. The van der Waals surface area contributed by atoms with Crippen molar-refractivity contribution in [2.75, 3.05) is 23.5 Å². The molecule has 1 unspecified atom stereocenters. The third kappa shape index (κ3) is 6.76. The van der Waals surface area contributed by atoms with Gasteiger partial charge in [-0.2, -0.15) is 0 Å². The molecule has 0 radical (unpaired) electrons. The molecule has 0 saturated heterocycles. The van der Waals surface area contributed by atoms with Crippen LogP contribution in [0.25, 0.3) is 11.4 Å². The van der Waals surface area contributed by atoms with Gasteiger partial charge in [0.15, 0.2) is 11.0 Å². The SMILES string of the molecule is COc1ccc(NC(=O)CSc2nc(-c3ccncc3)nn2C(C)C(=O)Nc2ccc([N+](=O)[O-])cc2C)cc1. The van der Waals surface area contributed by atoms with Crippen molar-refractivity contribution in [3.63, 3.8) is 0 Å². The number of methoxy groups -OCH3 is 1. The Balaban J connectivity index is 1.52. The van der Waals surface area contributed by atoms with Crippen molar-refractivity contribution in [3.8, 4) is 17.1 Å². The number of non-ortho nitro benzene ring substituents is 1. The van der Waals surface area contributed by atoms with E-state index in [-0.39, 0.29) is 17.3 Å². The Labute approximate surface area is 228 Å². The molecule has 0 saturated carbocycles. The number of rotatable bonds is 10. The highest BCUT2D eigenvalue weighted by Crippen LogP contribution is 2.27. The number of thioether (sulfide) groups is 1. The fourth-order valence-electron chi connectivity index (χ4n) is 3.53. The molecule has 0 spiro atoms. The van der Waals surface area contributed by atoms with E-state index < -0.39 is 16.9 Å². The van der Waals surface area contributed by atoms with Crippen LogP contribution in [0.1, 0.15) is 18.5 Å². The Morgan fingerprint density at radius 3 is 2.46 bits per heavy atom. The topological polar surface area (TPSA) is 154 Å². The number of hydrogen-bond acceptors (Lipinski definition) is 9. The molecule has 2 aromatic heterocycles. The maximum atomic E-state index is 13.2. The van der Waals surface area contributed by atoms with Crippen LogP contribution in [0.15, 0.2) is 72.1 Å². The summed E-state index contributed by atoms with van der Waals surface area (Å²) in [5, 5.41) is 21.6. The summed E-state index contributed by atoms with van der Waals surface area (Å²) in [6.45, 7) is 3.33. The van der Waals surface area contributed by atoms with Crippen LogP contribution in [0, 0.1) is 17.0 Å². The normalized spacial score (nSPS) is 11.5. The average Bonchev–Trinajstić information content (AvgIpc) is 3.37. The van der Waals surface area contributed by atoms with Crippen molar-refractivity contribution in [3.05, 3.63) is 82.7 Å². The number of aryl methyl sites for hydroxylation is 1. The van der Waals surface area contributed by atoms with Crippen LogP contribution in [0.5, 0.6) is 5.75 Å². The molecule has 2 N–H and O–H groups in total. The highest BCUT2D eigenvalue weighted by Gasteiger charge is 2.24. The van der Waals surface area contributed by atoms with Gasteiger partial charge in [-0.25, -0.2) is 9.67 Å². The van der Waals surface area contributed by atoms with E-state index in [4.69, 9.17) is 4.74 Å². The first-order valence-electron chi connectivity index (χ1n) is 11.7. The Kier molecular flexibility index (Phi) is 8.51. The molecule has 4 aromatic rings. The monoisotopic (exact) mass is 547 g/mol. The van der Waals surface area contributed by atoms with E-state index in [2.05, 4.69) is 25.7 Å². The Morgan fingerprint density at radius 2 is 1.82 bits per heavy atom. The summed E-state index contributed by atoms with van der Waals surface area (Å²) >= 11 is 1.14. The van der Waals surface area contributed by atoms with Crippen LogP contribution in [0.2, 0.25) is 0 Å². The molecule has 0 bridgehead atoms. The molecule has 200 valence electrons. The first kappa shape index (κ1) is 27.3. The van der Waals surface area contributed by atoms with Gasteiger partial charge in [-0.3, -0.25) is 24.7 Å². The van der Waals surface area contributed by atoms with Crippen LogP contribution >= 0.6 is 11.8 Å². The standard InChI is InChI=1S/C26H25N7O5S/c1-16-14-20(33(36)37)6-9-22(16)29-25(35)17(2)32-26(30-24(31-32)18-10-12-27-13-11-18)39-15-23(34)28-19-4-7-21(38-3)8-5-19/h4-14,17H,15H2,1-3H3,(H,28,34)(H,29,35). The minimum absolute atomic E-state index is 0.0241. The van der Waals surface area contributed by atoms with E-state index in [0.717, 1.165) is 11.8 Å². The van der Waals surface area contributed by atoms with Crippen molar-refractivity contribution in [2.24, 2.45) is 0 Å². The molecule has 12 nitrogen and oxygen atoms in total. The van der Waals surface area contributed by atoms with E-state index in [1.54, 1.807) is 69.7 Å². The maximum Gasteiger partial charge on any atom is 0.269 e. The first-order chi connectivity index (χ1) is 18.7. The van der Waals surface area contributed by atoms with E-state index in [0.29, 0.717) is 39.2 Å². The van der Waals surface area contributed by atoms with E-state index >= 15 is 0 Å². The highest BCUT2D eigenvalue weighted by molar-refractivity contribution is 7.99. The summed E-state index contributed by atoms with van der Waals surface area (Å²) in [5.74, 6) is 0.416. The number of pyridine rings is 1. The number of carbonyl (C=O) groups is 2.